The van der Waals surface area contributed by atoms with Gasteiger partial charge in [-0.25, -0.2) is 4.98 Å². The highest BCUT2D eigenvalue weighted by atomic mass is 32.2. The van der Waals surface area contributed by atoms with E-state index in [1.165, 1.54) is 11.8 Å². The van der Waals surface area contributed by atoms with Crippen molar-refractivity contribution >= 4 is 34.4 Å². The third-order valence-electron chi connectivity index (χ3n) is 5.80. The molecule has 172 valence electrons. The Hall–Kier alpha value is -2.88. The quantitative estimate of drug-likeness (QED) is 0.547. The molecule has 0 bridgehead atoms. The molecular formula is C24H26N4O4S. The van der Waals surface area contributed by atoms with Gasteiger partial charge in [-0.1, -0.05) is 6.07 Å². The maximum absolute atomic E-state index is 11.6. The van der Waals surface area contributed by atoms with Gasteiger partial charge in [0.25, 0.3) is 0 Å². The lowest BCUT2D eigenvalue weighted by molar-refractivity contribution is -0.113. The van der Waals surface area contributed by atoms with Crippen molar-refractivity contribution in [2.45, 2.75) is 36.4 Å². The van der Waals surface area contributed by atoms with Crippen LogP contribution >= 0.6 is 11.8 Å². The second-order valence-corrected chi connectivity index (χ2v) is 9.12. The average Bonchev–Trinajstić information content (AvgIpc) is 2.86. The van der Waals surface area contributed by atoms with Crippen LogP contribution in [0.1, 0.15) is 18.5 Å². The number of pyridine rings is 2. The van der Waals surface area contributed by atoms with Gasteiger partial charge in [0.05, 0.1) is 47.9 Å². The van der Waals surface area contributed by atoms with Crippen molar-refractivity contribution in [1.82, 2.24) is 15.3 Å². The van der Waals surface area contributed by atoms with E-state index in [9.17, 15) is 4.79 Å². The number of nitrogens with zero attached hydrogens (tertiary/aromatic N) is 2. The molecule has 0 unspecified atom stereocenters. The molecule has 2 atom stereocenters. The van der Waals surface area contributed by atoms with E-state index in [0.717, 1.165) is 40.1 Å². The first-order chi connectivity index (χ1) is 16.2. The number of hydrogen-bond donors (Lipinski definition) is 2. The summed E-state index contributed by atoms with van der Waals surface area (Å²) in [5.74, 6) is 2.59. The number of carbonyl (C=O) groups is 1. The largest absolute Gasteiger partial charge is 0.495 e. The summed E-state index contributed by atoms with van der Waals surface area (Å²) >= 11 is 1.52. The van der Waals surface area contributed by atoms with Gasteiger partial charge in [-0.3, -0.25) is 9.78 Å². The second kappa shape index (κ2) is 9.94. The predicted molar refractivity (Wildman–Crippen MR) is 127 cm³/mol. The summed E-state index contributed by atoms with van der Waals surface area (Å²) < 4.78 is 17.4. The van der Waals surface area contributed by atoms with E-state index >= 15 is 0 Å². The number of anilines is 1. The zero-order chi connectivity index (χ0) is 22.6. The number of rotatable bonds is 7. The van der Waals surface area contributed by atoms with Gasteiger partial charge < -0.3 is 24.8 Å². The molecule has 5 rings (SSSR count). The van der Waals surface area contributed by atoms with Crippen molar-refractivity contribution in [2.24, 2.45) is 0 Å². The van der Waals surface area contributed by atoms with Crippen LogP contribution in [-0.2, 0) is 16.1 Å². The Morgan fingerprint density at radius 3 is 3.06 bits per heavy atom. The first-order valence-electron chi connectivity index (χ1n) is 11.0. The van der Waals surface area contributed by atoms with Gasteiger partial charge in [-0.2, -0.15) is 0 Å². The smallest absolute Gasteiger partial charge is 0.235 e. The standard InChI is InChI=1S/C24H26N4O4S/c1-30-18-9-19-20(26-11-18)3-2-4-21(19)32-13-17-7-5-16(12-31-17)25-10-15-6-8-22-24(27-15)28-23(29)14-33-22/h2-4,6,8-9,11,16-17,25H,5,7,10,12-14H2,1H3,(H,27,28,29)/t16-,17+/m0/s1. The minimum absolute atomic E-state index is 0.00190. The minimum atomic E-state index is -0.00190. The lowest BCUT2D eigenvalue weighted by Crippen LogP contribution is -2.41. The van der Waals surface area contributed by atoms with Crippen LogP contribution < -0.4 is 20.1 Å². The Morgan fingerprint density at radius 2 is 2.21 bits per heavy atom. The molecule has 0 aliphatic carbocycles. The summed E-state index contributed by atoms with van der Waals surface area (Å²) in [6.07, 6.45) is 3.66. The van der Waals surface area contributed by atoms with Crippen molar-refractivity contribution in [3.63, 3.8) is 0 Å². The average molecular weight is 467 g/mol. The number of aromatic nitrogens is 2. The highest BCUT2D eigenvalue weighted by Gasteiger charge is 2.23. The molecule has 2 aliphatic rings. The fourth-order valence-corrected chi connectivity index (χ4v) is 4.73. The van der Waals surface area contributed by atoms with Crippen LogP contribution in [0.3, 0.4) is 0 Å². The summed E-state index contributed by atoms with van der Waals surface area (Å²) in [5.41, 5.74) is 1.78. The van der Waals surface area contributed by atoms with Crippen LogP contribution in [0, 0.1) is 0 Å². The minimum Gasteiger partial charge on any atom is -0.495 e. The number of carbonyl (C=O) groups excluding carboxylic acids is 1. The molecule has 2 aliphatic heterocycles. The van der Waals surface area contributed by atoms with Crippen molar-refractivity contribution < 1.29 is 19.0 Å². The van der Waals surface area contributed by atoms with Crippen molar-refractivity contribution in [2.75, 3.05) is 31.4 Å². The van der Waals surface area contributed by atoms with Crippen LogP contribution in [0.5, 0.6) is 11.5 Å². The van der Waals surface area contributed by atoms with E-state index in [2.05, 4.69) is 20.6 Å². The molecule has 0 spiro atoms. The molecule has 1 saturated heterocycles. The Bertz CT molecular complexity index is 1150. The summed E-state index contributed by atoms with van der Waals surface area (Å²) in [5, 5.41) is 7.29. The van der Waals surface area contributed by atoms with Crippen molar-refractivity contribution in [1.29, 1.82) is 0 Å². The van der Waals surface area contributed by atoms with E-state index < -0.39 is 0 Å². The van der Waals surface area contributed by atoms with Crippen LogP contribution in [0.15, 0.2) is 47.5 Å². The lowest BCUT2D eigenvalue weighted by atomic mass is 10.1. The maximum atomic E-state index is 11.6. The highest BCUT2D eigenvalue weighted by Crippen LogP contribution is 2.30. The molecule has 9 heteroatoms. The Balaban J connectivity index is 1.11. The molecule has 0 saturated carbocycles. The van der Waals surface area contributed by atoms with E-state index in [1.807, 2.05) is 36.4 Å². The first-order valence-corrected chi connectivity index (χ1v) is 12.0. The number of nitrogens with one attached hydrogen (secondary N) is 2. The zero-order valence-electron chi connectivity index (χ0n) is 18.4. The van der Waals surface area contributed by atoms with Gasteiger partial charge in [0.15, 0.2) is 0 Å². The number of amides is 1. The van der Waals surface area contributed by atoms with E-state index in [4.69, 9.17) is 14.2 Å². The third-order valence-corrected chi connectivity index (χ3v) is 6.84. The van der Waals surface area contributed by atoms with Gasteiger partial charge >= 0.3 is 0 Å². The zero-order valence-corrected chi connectivity index (χ0v) is 19.2. The van der Waals surface area contributed by atoms with Gasteiger partial charge in [0, 0.05) is 18.0 Å². The lowest BCUT2D eigenvalue weighted by Gasteiger charge is -2.29. The number of ether oxygens (including phenoxy) is 3. The van der Waals surface area contributed by atoms with Gasteiger partial charge in [0.1, 0.15) is 23.9 Å². The van der Waals surface area contributed by atoms with Crippen LogP contribution in [0.25, 0.3) is 10.9 Å². The number of thioether (sulfide) groups is 1. The molecule has 1 fully saturated rings. The molecule has 3 aromatic rings. The molecule has 33 heavy (non-hydrogen) atoms. The normalized spacial score (nSPS) is 20.2. The second-order valence-electron chi connectivity index (χ2n) is 8.11. The number of benzene rings is 1. The number of methoxy groups -OCH3 is 1. The molecule has 1 amide bonds. The van der Waals surface area contributed by atoms with Crippen molar-refractivity contribution in [3.05, 3.63) is 48.3 Å². The fraction of sp³-hybridized carbons (Fsp3) is 0.375. The Labute approximate surface area is 196 Å². The summed E-state index contributed by atoms with van der Waals surface area (Å²) in [6.45, 7) is 1.75. The van der Waals surface area contributed by atoms with Crippen molar-refractivity contribution in [3.8, 4) is 11.5 Å². The molecular weight excluding hydrogens is 440 g/mol. The Kier molecular flexibility index (Phi) is 6.61. The monoisotopic (exact) mass is 466 g/mol. The van der Waals surface area contributed by atoms with E-state index in [1.54, 1.807) is 13.3 Å². The Morgan fingerprint density at radius 1 is 1.27 bits per heavy atom. The van der Waals surface area contributed by atoms with Gasteiger partial charge in [-0.15, -0.1) is 11.8 Å². The van der Waals surface area contributed by atoms with E-state index in [-0.39, 0.29) is 18.1 Å². The SMILES string of the molecule is COc1cnc2cccc(OC[C@H]3CC[C@H](NCc4ccc5c(n4)NC(=O)CS5)CO3)c2c1. The molecule has 8 nitrogen and oxygen atoms in total. The topological polar surface area (TPSA) is 94.6 Å². The third kappa shape index (κ3) is 5.21. The summed E-state index contributed by atoms with van der Waals surface area (Å²) in [4.78, 5) is 21.6. The molecule has 2 N–H and O–H groups in total. The van der Waals surface area contributed by atoms with Crippen LogP contribution in [0.4, 0.5) is 5.82 Å². The maximum Gasteiger partial charge on any atom is 0.235 e. The predicted octanol–water partition coefficient (Wildman–Crippen LogP) is 3.40. The fourth-order valence-electron chi connectivity index (χ4n) is 3.97. The number of fused-ring (bicyclic) bond motifs is 2. The van der Waals surface area contributed by atoms with Gasteiger partial charge in [-0.05, 0) is 43.2 Å². The highest BCUT2D eigenvalue weighted by molar-refractivity contribution is 8.00. The number of hydrogen-bond acceptors (Lipinski definition) is 8. The summed E-state index contributed by atoms with van der Waals surface area (Å²) in [7, 11) is 1.63. The molecule has 4 heterocycles. The summed E-state index contributed by atoms with van der Waals surface area (Å²) in [6, 6.07) is 12.1. The van der Waals surface area contributed by atoms with Crippen LogP contribution in [0.2, 0.25) is 0 Å². The van der Waals surface area contributed by atoms with Gasteiger partial charge in [0.2, 0.25) is 5.91 Å². The molecule has 2 aromatic heterocycles. The molecule has 1 aromatic carbocycles. The van der Waals surface area contributed by atoms with Crippen LogP contribution in [-0.4, -0.2) is 54.1 Å². The molecule has 0 radical (unpaired) electrons. The first kappa shape index (κ1) is 21.9. The van der Waals surface area contributed by atoms with E-state index in [0.29, 0.717) is 37.1 Å².